The number of hydrogen-bond acceptors (Lipinski definition) is 4. The van der Waals surface area contributed by atoms with Crippen molar-refractivity contribution in [2.45, 2.75) is 47.1 Å². The van der Waals surface area contributed by atoms with Gasteiger partial charge in [0.05, 0.1) is 17.2 Å². The molecule has 4 nitrogen and oxygen atoms in total. The lowest BCUT2D eigenvalue weighted by atomic mass is 10.3. The van der Waals surface area contributed by atoms with Crippen molar-refractivity contribution in [3.05, 3.63) is 37.5 Å². The van der Waals surface area contributed by atoms with Crippen molar-refractivity contribution in [3.8, 4) is 0 Å². The molecule has 0 saturated carbocycles. The van der Waals surface area contributed by atoms with Crippen LogP contribution < -0.4 is 10.6 Å². The number of aromatic nitrogens is 1. The van der Waals surface area contributed by atoms with Gasteiger partial charge in [0.2, 0.25) is 0 Å². The van der Waals surface area contributed by atoms with Crippen LogP contribution in [-0.2, 0) is 19.4 Å². The third kappa shape index (κ3) is 5.62. The Kier molecular flexibility index (Phi) is 7.05. The smallest absolute Gasteiger partial charge is 0.191 e. The summed E-state index contributed by atoms with van der Waals surface area (Å²) in [5, 5.41) is 7.91. The van der Waals surface area contributed by atoms with Crippen molar-refractivity contribution in [1.29, 1.82) is 0 Å². The lowest BCUT2D eigenvalue weighted by Crippen LogP contribution is -2.38. The van der Waals surface area contributed by atoms with Gasteiger partial charge in [-0.25, -0.2) is 9.98 Å². The van der Waals surface area contributed by atoms with E-state index in [9.17, 15) is 0 Å². The fraction of sp³-hybridized carbons (Fsp3) is 0.529. The lowest BCUT2D eigenvalue weighted by Gasteiger charge is -2.10. The van der Waals surface area contributed by atoms with E-state index in [1.165, 1.54) is 25.3 Å². The number of aryl methyl sites for hydroxylation is 3. The largest absolute Gasteiger partial charge is 0.357 e. The van der Waals surface area contributed by atoms with E-state index in [0.717, 1.165) is 38.4 Å². The summed E-state index contributed by atoms with van der Waals surface area (Å²) >= 11 is 3.61. The average molecular weight is 351 g/mol. The van der Waals surface area contributed by atoms with Gasteiger partial charge in [-0.3, -0.25) is 0 Å². The van der Waals surface area contributed by atoms with Crippen molar-refractivity contribution < 1.29 is 0 Å². The van der Waals surface area contributed by atoms with Crippen LogP contribution in [0.15, 0.2) is 17.1 Å². The second kappa shape index (κ2) is 9.03. The number of nitrogens with one attached hydrogen (secondary N) is 2. The van der Waals surface area contributed by atoms with Gasteiger partial charge in [0.1, 0.15) is 0 Å². The van der Waals surface area contributed by atoms with E-state index in [-0.39, 0.29) is 0 Å². The van der Waals surface area contributed by atoms with Crippen LogP contribution in [0.2, 0.25) is 0 Å². The first-order valence-electron chi connectivity index (χ1n) is 8.15. The maximum atomic E-state index is 4.69. The molecular formula is C17H26N4S2. The summed E-state index contributed by atoms with van der Waals surface area (Å²) in [6.07, 6.45) is 1.95. The third-order valence-electron chi connectivity index (χ3n) is 3.44. The average Bonchev–Trinajstić information content (AvgIpc) is 3.10. The molecule has 0 fully saturated rings. The van der Waals surface area contributed by atoms with Crippen LogP contribution in [0.5, 0.6) is 0 Å². The summed E-state index contributed by atoms with van der Waals surface area (Å²) in [6, 6.07) is 4.30. The van der Waals surface area contributed by atoms with E-state index in [4.69, 9.17) is 0 Å². The van der Waals surface area contributed by atoms with Crippen LogP contribution in [-0.4, -0.2) is 24.0 Å². The van der Waals surface area contributed by atoms with Crippen LogP contribution >= 0.6 is 22.7 Å². The molecule has 23 heavy (non-hydrogen) atoms. The zero-order valence-corrected chi connectivity index (χ0v) is 16.0. The molecule has 0 saturated heterocycles. The van der Waals surface area contributed by atoms with E-state index in [1.807, 2.05) is 11.3 Å². The Morgan fingerprint density at radius 2 is 2.00 bits per heavy atom. The summed E-state index contributed by atoms with van der Waals surface area (Å²) in [4.78, 5) is 13.3. The summed E-state index contributed by atoms with van der Waals surface area (Å²) in [7, 11) is 0. The first-order chi connectivity index (χ1) is 11.1. The molecule has 2 heterocycles. The Balaban J connectivity index is 1.86. The normalized spacial score (nSPS) is 11.7. The quantitative estimate of drug-likeness (QED) is 0.591. The summed E-state index contributed by atoms with van der Waals surface area (Å²) in [5.74, 6) is 0.877. The highest BCUT2D eigenvalue weighted by Crippen LogP contribution is 2.18. The van der Waals surface area contributed by atoms with Crippen LogP contribution in [0, 0.1) is 13.8 Å². The van der Waals surface area contributed by atoms with Gasteiger partial charge in [-0.05, 0) is 39.3 Å². The Morgan fingerprint density at radius 3 is 2.61 bits per heavy atom. The molecule has 6 heteroatoms. The molecule has 0 amide bonds. The molecule has 2 aromatic heterocycles. The Morgan fingerprint density at radius 1 is 1.17 bits per heavy atom. The van der Waals surface area contributed by atoms with Crippen LogP contribution in [0.4, 0.5) is 0 Å². The number of guanidine groups is 1. The predicted molar refractivity (Wildman–Crippen MR) is 102 cm³/mol. The van der Waals surface area contributed by atoms with E-state index >= 15 is 0 Å². The van der Waals surface area contributed by atoms with Gasteiger partial charge in [0.25, 0.3) is 0 Å². The molecule has 0 spiro atoms. The van der Waals surface area contributed by atoms with Gasteiger partial charge >= 0.3 is 0 Å². The van der Waals surface area contributed by atoms with Crippen LogP contribution in [0.25, 0.3) is 0 Å². The minimum absolute atomic E-state index is 0.726. The van der Waals surface area contributed by atoms with Gasteiger partial charge in [-0.1, -0.05) is 6.92 Å². The van der Waals surface area contributed by atoms with Crippen LogP contribution in [0.3, 0.4) is 0 Å². The number of nitrogens with zero attached hydrogens (tertiary/aromatic N) is 2. The monoisotopic (exact) mass is 350 g/mol. The molecule has 0 aliphatic rings. The summed E-state index contributed by atoms with van der Waals surface area (Å²) in [6.45, 7) is 11.0. The molecule has 0 radical (unpaired) electrons. The fourth-order valence-corrected chi connectivity index (χ4v) is 4.12. The third-order valence-corrected chi connectivity index (χ3v) is 5.49. The molecule has 0 atom stereocenters. The number of rotatable bonds is 7. The number of thiazole rings is 1. The van der Waals surface area contributed by atoms with Crippen molar-refractivity contribution in [1.82, 2.24) is 15.6 Å². The zero-order chi connectivity index (χ0) is 16.7. The summed E-state index contributed by atoms with van der Waals surface area (Å²) < 4.78 is 0. The van der Waals surface area contributed by atoms with Crippen molar-refractivity contribution >= 4 is 28.6 Å². The molecule has 0 aliphatic heterocycles. The number of hydrogen-bond donors (Lipinski definition) is 2. The maximum Gasteiger partial charge on any atom is 0.191 e. The Bertz CT molecular complexity index is 643. The van der Waals surface area contributed by atoms with Gasteiger partial charge < -0.3 is 10.6 Å². The second-order valence-electron chi connectivity index (χ2n) is 5.35. The topological polar surface area (TPSA) is 49.3 Å². The van der Waals surface area contributed by atoms with Crippen molar-refractivity contribution in [3.63, 3.8) is 0 Å². The highest BCUT2D eigenvalue weighted by molar-refractivity contribution is 7.12. The molecule has 2 aromatic rings. The highest BCUT2D eigenvalue weighted by atomic mass is 32.1. The van der Waals surface area contributed by atoms with E-state index in [2.05, 4.69) is 60.4 Å². The molecular weight excluding hydrogens is 324 g/mol. The van der Waals surface area contributed by atoms with Gasteiger partial charge in [0.15, 0.2) is 5.96 Å². The molecule has 2 rings (SSSR count). The van der Waals surface area contributed by atoms with Gasteiger partial charge in [-0.15, -0.1) is 22.7 Å². The van der Waals surface area contributed by atoms with Gasteiger partial charge in [-0.2, -0.15) is 0 Å². The van der Waals surface area contributed by atoms with E-state index in [1.54, 1.807) is 11.3 Å². The number of aliphatic imine (C=N–C) groups is 1. The number of thiophene rings is 1. The minimum Gasteiger partial charge on any atom is -0.357 e. The van der Waals surface area contributed by atoms with Crippen molar-refractivity contribution in [2.75, 3.05) is 13.1 Å². The van der Waals surface area contributed by atoms with E-state index < -0.39 is 0 Å². The first-order valence-corrected chi connectivity index (χ1v) is 9.78. The SMILES string of the molecule is CCNC(=NCc1ccc(C)s1)NCCc1nc(CC)c(C)s1. The molecule has 0 aliphatic carbocycles. The molecule has 0 unspecified atom stereocenters. The van der Waals surface area contributed by atoms with E-state index in [0.29, 0.717) is 0 Å². The Labute approximate surface area is 147 Å². The predicted octanol–water partition coefficient (Wildman–Crippen LogP) is 3.68. The molecule has 126 valence electrons. The highest BCUT2D eigenvalue weighted by Gasteiger charge is 2.06. The standard InChI is InChI=1S/C17H26N4S2/c1-5-15-13(4)23-16(21-15)9-10-19-17(18-6-2)20-11-14-8-7-12(3)22-14/h7-8H,5-6,9-11H2,1-4H3,(H2,18,19,20). The van der Waals surface area contributed by atoms with Gasteiger partial charge in [0, 0.05) is 34.1 Å². The Hall–Kier alpha value is -1.40. The minimum atomic E-state index is 0.726. The molecule has 2 N–H and O–H groups in total. The molecule has 0 aromatic carbocycles. The fourth-order valence-electron chi connectivity index (χ4n) is 2.28. The first kappa shape index (κ1) is 17.9. The zero-order valence-electron chi connectivity index (χ0n) is 14.4. The lowest BCUT2D eigenvalue weighted by molar-refractivity contribution is 0.795. The second-order valence-corrected chi connectivity index (χ2v) is 8.01. The van der Waals surface area contributed by atoms with Crippen molar-refractivity contribution in [2.24, 2.45) is 4.99 Å². The summed E-state index contributed by atoms with van der Waals surface area (Å²) in [5.41, 5.74) is 1.23. The van der Waals surface area contributed by atoms with Crippen LogP contribution in [0.1, 0.15) is 39.2 Å². The molecule has 0 bridgehead atoms. The maximum absolute atomic E-state index is 4.69.